The minimum Gasteiger partial charge on any atom is -0.338 e. The number of para-hydroxylation sites is 1. The number of benzene rings is 2. The number of fused-ring (bicyclic) bond motifs is 1. The van der Waals surface area contributed by atoms with Crippen LogP contribution in [0.3, 0.4) is 0 Å². The number of hydrogen-bond donors (Lipinski definition) is 1. The molecule has 1 N–H and O–H groups in total. The van der Waals surface area contributed by atoms with Gasteiger partial charge in [-0.05, 0) is 35.6 Å². The fourth-order valence-corrected chi connectivity index (χ4v) is 3.03. The van der Waals surface area contributed by atoms with Crippen LogP contribution in [0, 0.1) is 0 Å². The van der Waals surface area contributed by atoms with Crippen LogP contribution in [0.1, 0.15) is 43.1 Å². The maximum absolute atomic E-state index is 12.5. The summed E-state index contributed by atoms with van der Waals surface area (Å²) in [5, 5.41) is 0.556. The van der Waals surface area contributed by atoms with Gasteiger partial charge in [-0.1, -0.05) is 50.2 Å². The molecule has 0 radical (unpaired) electrons. The molecule has 140 valence electrons. The Bertz CT molecular complexity index is 990. The summed E-state index contributed by atoms with van der Waals surface area (Å²) in [6.07, 6.45) is 1.12. The predicted octanol–water partition coefficient (Wildman–Crippen LogP) is 3.64. The van der Waals surface area contributed by atoms with Gasteiger partial charge in [0.1, 0.15) is 5.82 Å². The molecule has 1 heterocycles. The van der Waals surface area contributed by atoms with Crippen LogP contribution in [0.25, 0.3) is 10.9 Å². The molecule has 0 aliphatic heterocycles. The van der Waals surface area contributed by atoms with Crippen molar-refractivity contribution in [1.82, 2.24) is 14.9 Å². The third-order valence-electron chi connectivity index (χ3n) is 4.75. The lowest BCUT2D eigenvalue weighted by Gasteiger charge is -2.17. The van der Waals surface area contributed by atoms with Crippen molar-refractivity contribution in [3.8, 4) is 0 Å². The summed E-state index contributed by atoms with van der Waals surface area (Å²) in [7, 11) is 1.74. The van der Waals surface area contributed by atoms with Gasteiger partial charge in [0.05, 0.1) is 17.4 Å². The van der Waals surface area contributed by atoms with E-state index in [1.54, 1.807) is 24.1 Å². The number of nitrogens with one attached hydrogen (secondary N) is 1. The number of H-pyrrole nitrogens is 1. The molecule has 0 atom stereocenters. The minimum atomic E-state index is -0.179. The highest BCUT2D eigenvalue weighted by Crippen LogP contribution is 2.16. The summed E-state index contributed by atoms with van der Waals surface area (Å²) in [6.45, 7) is 4.61. The summed E-state index contributed by atoms with van der Waals surface area (Å²) in [4.78, 5) is 33.4. The van der Waals surface area contributed by atoms with E-state index in [9.17, 15) is 9.59 Å². The Morgan fingerprint density at radius 1 is 1.11 bits per heavy atom. The Balaban J connectivity index is 1.61. The molecule has 2 aromatic carbocycles. The van der Waals surface area contributed by atoms with Crippen LogP contribution in [-0.2, 0) is 17.8 Å². The molecule has 0 saturated heterocycles. The van der Waals surface area contributed by atoms with Crippen molar-refractivity contribution in [2.75, 3.05) is 7.05 Å². The first-order chi connectivity index (χ1) is 12.9. The van der Waals surface area contributed by atoms with E-state index in [0.717, 1.165) is 5.56 Å². The second-order valence-electron chi connectivity index (χ2n) is 7.18. The van der Waals surface area contributed by atoms with Gasteiger partial charge in [0.15, 0.2) is 0 Å². The molecule has 5 nitrogen and oxygen atoms in total. The lowest BCUT2D eigenvalue weighted by molar-refractivity contribution is -0.130. The Hall–Kier alpha value is -2.95. The largest absolute Gasteiger partial charge is 0.338 e. The van der Waals surface area contributed by atoms with Crippen LogP contribution < -0.4 is 5.56 Å². The third-order valence-corrected chi connectivity index (χ3v) is 4.75. The average molecular weight is 363 g/mol. The molecule has 3 rings (SSSR count). The van der Waals surface area contributed by atoms with E-state index in [2.05, 4.69) is 48.1 Å². The van der Waals surface area contributed by atoms with Crippen LogP contribution in [0.4, 0.5) is 0 Å². The van der Waals surface area contributed by atoms with Crippen molar-refractivity contribution < 1.29 is 4.79 Å². The van der Waals surface area contributed by atoms with E-state index in [4.69, 9.17) is 0 Å². The predicted molar refractivity (Wildman–Crippen MR) is 108 cm³/mol. The number of carbonyl (C=O) groups is 1. The number of aromatic amines is 1. The van der Waals surface area contributed by atoms with Gasteiger partial charge in [-0.25, -0.2) is 4.98 Å². The molecule has 0 fully saturated rings. The van der Waals surface area contributed by atoms with Gasteiger partial charge in [-0.2, -0.15) is 0 Å². The molecule has 1 aromatic heterocycles. The molecule has 0 aliphatic carbocycles. The summed E-state index contributed by atoms with van der Waals surface area (Å²) >= 11 is 0. The number of hydrogen-bond acceptors (Lipinski definition) is 3. The highest BCUT2D eigenvalue weighted by atomic mass is 16.2. The van der Waals surface area contributed by atoms with Gasteiger partial charge >= 0.3 is 0 Å². The van der Waals surface area contributed by atoms with E-state index >= 15 is 0 Å². The lowest BCUT2D eigenvalue weighted by atomic mass is 10.0. The van der Waals surface area contributed by atoms with Crippen molar-refractivity contribution in [1.29, 1.82) is 0 Å². The number of carbonyl (C=O) groups excluding carboxylic acids is 1. The van der Waals surface area contributed by atoms with Gasteiger partial charge in [0.25, 0.3) is 5.56 Å². The fourth-order valence-electron chi connectivity index (χ4n) is 3.03. The number of nitrogens with zero attached hydrogens (tertiary/aromatic N) is 2. The first kappa shape index (κ1) is 18.8. The highest BCUT2D eigenvalue weighted by Gasteiger charge is 2.12. The van der Waals surface area contributed by atoms with Crippen LogP contribution in [0.5, 0.6) is 0 Å². The number of rotatable bonds is 6. The number of aromatic nitrogens is 2. The molecule has 3 aromatic rings. The maximum atomic E-state index is 12.5. The summed E-state index contributed by atoms with van der Waals surface area (Å²) in [6, 6.07) is 15.6. The zero-order valence-corrected chi connectivity index (χ0v) is 16.0. The number of amides is 1. The topological polar surface area (TPSA) is 66.1 Å². The first-order valence-electron chi connectivity index (χ1n) is 9.25. The van der Waals surface area contributed by atoms with Gasteiger partial charge < -0.3 is 9.88 Å². The second kappa shape index (κ2) is 8.16. The lowest BCUT2D eigenvalue weighted by Crippen LogP contribution is -2.28. The quantitative estimate of drug-likeness (QED) is 0.727. The van der Waals surface area contributed by atoms with E-state index in [0.29, 0.717) is 35.5 Å². The van der Waals surface area contributed by atoms with E-state index in [1.165, 1.54) is 5.56 Å². The standard InChI is InChI=1S/C22H25N3O2/c1-15(2)17-11-8-16(9-12-17)10-13-21(26)25(3)14-20-23-19-7-5-4-6-18(19)22(27)24-20/h4-9,11-12,15H,10,13-14H2,1-3H3,(H,23,24,27). The number of aryl methyl sites for hydroxylation is 1. The van der Waals surface area contributed by atoms with Gasteiger partial charge in [0.2, 0.25) is 5.91 Å². The summed E-state index contributed by atoms with van der Waals surface area (Å²) in [5.74, 6) is 1.03. The zero-order valence-electron chi connectivity index (χ0n) is 16.0. The van der Waals surface area contributed by atoms with Crippen molar-refractivity contribution >= 4 is 16.8 Å². The van der Waals surface area contributed by atoms with E-state index < -0.39 is 0 Å². The zero-order chi connectivity index (χ0) is 19.4. The second-order valence-corrected chi connectivity index (χ2v) is 7.18. The first-order valence-corrected chi connectivity index (χ1v) is 9.25. The molecule has 5 heteroatoms. The molecular weight excluding hydrogens is 338 g/mol. The van der Waals surface area contributed by atoms with E-state index in [-0.39, 0.29) is 18.0 Å². The Morgan fingerprint density at radius 3 is 2.52 bits per heavy atom. The highest BCUT2D eigenvalue weighted by molar-refractivity contribution is 5.78. The molecule has 0 saturated carbocycles. The molecule has 0 bridgehead atoms. The van der Waals surface area contributed by atoms with E-state index in [1.807, 2.05) is 12.1 Å². The van der Waals surface area contributed by atoms with Crippen molar-refractivity contribution in [3.63, 3.8) is 0 Å². The van der Waals surface area contributed by atoms with Gasteiger partial charge in [-0.3, -0.25) is 9.59 Å². The monoisotopic (exact) mass is 363 g/mol. The van der Waals surface area contributed by atoms with Crippen molar-refractivity contribution in [3.05, 3.63) is 75.8 Å². The third kappa shape index (κ3) is 4.61. The van der Waals surface area contributed by atoms with Gasteiger partial charge in [-0.15, -0.1) is 0 Å². The average Bonchev–Trinajstić information content (AvgIpc) is 2.66. The fraction of sp³-hybridized carbons (Fsp3) is 0.318. The van der Waals surface area contributed by atoms with Crippen molar-refractivity contribution in [2.24, 2.45) is 0 Å². The van der Waals surface area contributed by atoms with Crippen LogP contribution in [0.2, 0.25) is 0 Å². The molecule has 27 heavy (non-hydrogen) atoms. The smallest absolute Gasteiger partial charge is 0.258 e. The van der Waals surface area contributed by atoms with Crippen LogP contribution in [0.15, 0.2) is 53.3 Å². The summed E-state index contributed by atoms with van der Waals surface area (Å²) in [5.41, 5.74) is 2.91. The maximum Gasteiger partial charge on any atom is 0.258 e. The minimum absolute atomic E-state index is 0.0266. The normalized spacial score (nSPS) is 11.1. The molecular formula is C22H25N3O2. The molecule has 0 aliphatic rings. The Labute approximate surface area is 159 Å². The Kier molecular flexibility index (Phi) is 5.69. The van der Waals surface area contributed by atoms with Crippen molar-refractivity contribution in [2.45, 2.75) is 39.2 Å². The molecule has 0 spiro atoms. The van der Waals surface area contributed by atoms with Crippen LogP contribution >= 0.6 is 0 Å². The Morgan fingerprint density at radius 2 is 1.81 bits per heavy atom. The SMILES string of the molecule is CC(C)c1ccc(CCC(=O)N(C)Cc2nc3ccccc3c(=O)[nH]2)cc1. The molecule has 1 amide bonds. The van der Waals surface area contributed by atoms with Gasteiger partial charge in [0, 0.05) is 13.5 Å². The molecule has 0 unspecified atom stereocenters. The summed E-state index contributed by atoms with van der Waals surface area (Å²) < 4.78 is 0. The van der Waals surface area contributed by atoms with Crippen LogP contribution in [-0.4, -0.2) is 27.8 Å².